The molecule has 1 unspecified atom stereocenters. The first kappa shape index (κ1) is 20.2. The average molecular weight is 412 g/mol. The lowest BCUT2D eigenvalue weighted by Gasteiger charge is -2.15. The minimum atomic E-state index is -0.834. The second-order valence-electron chi connectivity index (χ2n) is 6.89. The van der Waals surface area contributed by atoms with Gasteiger partial charge in [0.15, 0.2) is 6.10 Å². The molecular formula is C25H20N2O4. The van der Waals surface area contributed by atoms with Crippen LogP contribution in [0.4, 0.5) is 0 Å². The number of benzene rings is 3. The molecule has 0 saturated heterocycles. The molecule has 0 aliphatic carbocycles. The molecule has 0 spiro atoms. The van der Waals surface area contributed by atoms with Crippen molar-refractivity contribution in [2.24, 2.45) is 0 Å². The van der Waals surface area contributed by atoms with E-state index in [1.165, 1.54) is 0 Å². The molecular weight excluding hydrogens is 392 g/mol. The number of esters is 1. The molecule has 0 N–H and O–H groups in total. The van der Waals surface area contributed by atoms with Gasteiger partial charge in [-0.05, 0) is 42.8 Å². The monoisotopic (exact) mass is 412 g/mol. The zero-order chi connectivity index (χ0) is 21.6. The van der Waals surface area contributed by atoms with Crippen LogP contribution in [0.5, 0.6) is 0 Å². The fraction of sp³-hybridized carbons (Fsp3) is 0.120. The highest BCUT2D eigenvalue weighted by atomic mass is 16.5. The molecule has 154 valence electrons. The summed E-state index contributed by atoms with van der Waals surface area (Å²) in [6.07, 6.45) is -0.444. The Morgan fingerprint density at radius 2 is 1.32 bits per heavy atom. The minimum Gasteiger partial charge on any atom is -0.450 e. The van der Waals surface area contributed by atoms with Crippen LogP contribution in [0.3, 0.4) is 0 Å². The van der Waals surface area contributed by atoms with Crippen LogP contribution in [-0.4, -0.2) is 28.1 Å². The molecule has 6 nitrogen and oxygen atoms in total. The lowest BCUT2D eigenvalue weighted by Crippen LogP contribution is -2.26. The van der Waals surface area contributed by atoms with Crippen molar-refractivity contribution >= 4 is 11.8 Å². The third kappa shape index (κ3) is 4.59. The summed E-state index contributed by atoms with van der Waals surface area (Å²) in [7, 11) is 0. The van der Waals surface area contributed by atoms with Gasteiger partial charge in [0.25, 0.3) is 0 Å². The third-order valence-corrected chi connectivity index (χ3v) is 4.78. The molecule has 3 aromatic carbocycles. The van der Waals surface area contributed by atoms with Crippen molar-refractivity contribution in [2.75, 3.05) is 0 Å². The zero-order valence-electron chi connectivity index (χ0n) is 16.9. The van der Waals surface area contributed by atoms with Gasteiger partial charge >= 0.3 is 5.97 Å². The van der Waals surface area contributed by atoms with Gasteiger partial charge in [-0.2, -0.15) is 0 Å². The maximum Gasteiger partial charge on any atom is 0.338 e. The Morgan fingerprint density at radius 3 is 1.90 bits per heavy atom. The number of hydrogen-bond acceptors (Lipinski definition) is 6. The van der Waals surface area contributed by atoms with E-state index in [1.54, 1.807) is 48.5 Å². The average Bonchev–Trinajstić information content (AvgIpc) is 3.33. The second kappa shape index (κ2) is 9.17. The van der Waals surface area contributed by atoms with E-state index < -0.39 is 12.1 Å². The highest BCUT2D eigenvalue weighted by molar-refractivity contribution is 6.01. The quantitative estimate of drug-likeness (QED) is 0.306. The molecule has 0 aliphatic rings. The summed E-state index contributed by atoms with van der Waals surface area (Å²) in [6, 6.07) is 24.9. The van der Waals surface area contributed by atoms with E-state index in [0.717, 1.165) is 5.56 Å². The van der Waals surface area contributed by atoms with Crippen molar-refractivity contribution in [3.63, 3.8) is 0 Å². The van der Waals surface area contributed by atoms with Crippen LogP contribution in [0.15, 0.2) is 89.3 Å². The number of Topliss-reactive ketones (excluding diaryl/α,β-unsaturated/α-hetero) is 1. The van der Waals surface area contributed by atoms with Crippen molar-refractivity contribution < 1.29 is 18.7 Å². The summed E-state index contributed by atoms with van der Waals surface area (Å²) < 4.78 is 11.2. The van der Waals surface area contributed by atoms with Crippen molar-refractivity contribution in [1.29, 1.82) is 0 Å². The Kier molecular flexibility index (Phi) is 5.98. The smallest absolute Gasteiger partial charge is 0.338 e. The number of ketones is 1. The van der Waals surface area contributed by atoms with Gasteiger partial charge in [0, 0.05) is 16.7 Å². The standard InChI is InChI=1S/C25H20N2O4/c1-2-21(22(28)17-9-5-3-6-10-17)30-25(29)20-15-13-19(14-16-20)24-27-26-23(31-24)18-11-7-4-8-12-18/h3-16,21H,2H2,1H3. The number of rotatable bonds is 7. The predicted molar refractivity (Wildman–Crippen MR) is 115 cm³/mol. The van der Waals surface area contributed by atoms with Gasteiger partial charge in [-0.3, -0.25) is 4.79 Å². The van der Waals surface area contributed by atoms with Crippen molar-refractivity contribution in [1.82, 2.24) is 10.2 Å². The topological polar surface area (TPSA) is 82.3 Å². The van der Waals surface area contributed by atoms with E-state index in [2.05, 4.69) is 10.2 Å². The Balaban J connectivity index is 1.46. The number of hydrogen-bond donors (Lipinski definition) is 0. The first-order valence-electron chi connectivity index (χ1n) is 9.95. The summed E-state index contributed by atoms with van der Waals surface area (Å²) in [6.45, 7) is 1.81. The maximum atomic E-state index is 12.6. The van der Waals surface area contributed by atoms with Gasteiger partial charge in [0.05, 0.1) is 5.56 Å². The van der Waals surface area contributed by atoms with Gasteiger partial charge in [0.2, 0.25) is 17.6 Å². The molecule has 0 fully saturated rings. The molecule has 0 aliphatic heterocycles. The highest BCUT2D eigenvalue weighted by Crippen LogP contribution is 2.24. The number of nitrogens with zero attached hydrogens (tertiary/aromatic N) is 2. The SMILES string of the molecule is CCC(OC(=O)c1ccc(-c2nnc(-c3ccccc3)o2)cc1)C(=O)c1ccccc1. The summed E-state index contributed by atoms with van der Waals surface area (Å²) >= 11 is 0. The van der Waals surface area contributed by atoms with E-state index in [9.17, 15) is 9.59 Å². The molecule has 1 aromatic heterocycles. The molecule has 0 amide bonds. The number of ether oxygens (including phenoxy) is 1. The lowest BCUT2D eigenvalue weighted by molar-refractivity contribution is 0.0277. The lowest BCUT2D eigenvalue weighted by atomic mass is 10.0. The Hall–Kier alpha value is -4.06. The third-order valence-electron chi connectivity index (χ3n) is 4.78. The van der Waals surface area contributed by atoms with Gasteiger partial charge in [-0.1, -0.05) is 55.5 Å². The van der Waals surface area contributed by atoms with Gasteiger partial charge in [-0.15, -0.1) is 10.2 Å². The van der Waals surface area contributed by atoms with E-state index in [0.29, 0.717) is 34.9 Å². The van der Waals surface area contributed by atoms with Crippen molar-refractivity contribution in [2.45, 2.75) is 19.4 Å². The normalized spacial score (nSPS) is 11.6. The number of carbonyl (C=O) groups excluding carboxylic acids is 2. The Labute approximate surface area is 179 Å². The van der Waals surface area contributed by atoms with Crippen LogP contribution in [0.2, 0.25) is 0 Å². The van der Waals surface area contributed by atoms with Crippen LogP contribution in [0, 0.1) is 0 Å². The van der Waals surface area contributed by atoms with Crippen molar-refractivity contribution in [3.05, 3.63) is 96.1 Å². The largest absolute Gasteiger partial charge is 0.450 e. The second-order valence-corrected chi connectivity index (χ2v) is 6.89. The van der Waals surface area contributed by atoms with Gasteiger partial charge < -0.3 is 9.15 Å². The molecule has 6 heteroatoms. The van der Waals surface area contributed by atoms with Crippen LogP contribution in [-0.2, 0) is 4.74 Å². The van der Waals surface area contributed by atoms with Gasteiger partial charge in [0.1, 0.15) is 0 Å². The van der Waals surface area contributed by atoms with Crippen LogP contribution < -0.4 is 0 Å². The Morgan fingerprint density at radius 1 is 0.774 bits per heavy atom. The number of carbonyl (C=O) groups is 2. The fourth-order valence-corrected chi connectivity index (χ4v) is 3.09. The van der Waals surface area contributed by atoms with Crippen molar-refractivity contribution in [3.8, 4) is 22.9 Å². The molecule has 0 saturated carbocycles. The molecule has 1 heterocycles. The first-order chi connectivity index (χ1) is 15.2. The molecule has 1 atom stereocenters. The van der Waals surface area contributed by atoms with E-state index in [1.807, 2.05) is 43.3 Å². The summed E-state index contributed by atoms with van der Waals surface area (Å²) in [5, 5.41) is 8.15. The van der Waals surface area contributed by atoms with Gasteiger partial charge in [-0.25, -0.2) is 4.79 Å². The fourth-order valence-electron chi connectivity index (χ4n) is 3.09. The van der Waals surface area contributed by atoms with Crippen LogP contribution in [0.25, 0.3) is 22.9 Å². The summed E-state index contributed by atoms with van der Waals surface area (Å²) in [5.41, 5.74) is 2.36. The zero-order valence-corrected chi connectivity index (χ0v) is 16.9. The molecule has 0 radical (unpaired) electrons. The predicted octanol–water partition coefficient (Wildman–Crippen LogP) is 5.22. The van der Waals surface area contributed by atoms with E-state index in [4.69, 9.17) is 9.15 Å². The minimum absolute atomic E-state index is 0.215. The highest BCUT2D eigenvalue weighted by Gasteiger charge is 2.23. The maximum absolute atomic E-state index is 12.6. The molecule has 4 rings (SSSR count). The Bertz CT molecular complexity index is 1170. The van der Waals surface area contributed by atoms with E-state index >= 15 is 0 Å². The number of aromatic nitrogens is 2. The summed E-state index contributed by atoms with van der Waals surface area (Å²) in [5.74, 6) is -0.000634. The van der Waals surface area contributed by atoms with Crippen LogP contribution in [0.1, 0.15) is 34.1 Å². The van der Waals surface area contributed by atoms with Crippen LogP contribution >= 0.6 is 0 Å². The molecule has 31 heavy (non-hydrogen) atoms. The molecule has 0 bridgehead atoms. The first-order valence-corrected chi connectivity index (χ1v) is 9.95. The molecule has 4 aromatic rings. The van der Waals surface area contributed by atoms with E-state index in [-0.39, 0.29) is 5.78 Å². The summed E-state index contributed by atoms with van der Waals surface area (Å²) in [4.78, 5) is 25.2.